The van der Waals surface area contributed by atoms with Crippen LogP contribution >= 0.6 is 15.9 Å². The molecule has 0 unspecified atom stereocenters. The first kappa shape index (κ1) is 17.5. The minimum absolute atomic E-state index is 0.0765. The summed E-state index contributed by atoms with van der Waals surface area (Å²) in [4.78, 5) is 19.2. The quantitative estimate of drug-likeness (QED) is 0.829. The number of nitrogens with zero attached hydrogens (tertiary/aromatic N) is 3. The van der Waals surface area contributed by atoms with Crippen LogP contribution in [-0.4, -0.2) is 46.8 Å². The van der Waals surface area contributed by atoms with E-state index in [0.29, 0.717) is 11.7 Å². The number of nitrogens with one attached hydrogen (secondary N) is 1. The number of aryl methyl sites for hydroxylation is 1. The fourth-order valence-corrected chi connectivity index (χ4v) is 3.79. The van der Waals surface area contributed by atoms with Crippen LogP contribution < -0.4 is 10.9 Å². The molecule has 4 heterocycles. The van der Waals surface area contributed by atoms with Crippen molar-refractivity contribution in [2.75, 3.05) is 31.6 Å². The summed E-state index contributed by atoms with van der Waals surface area (Å²) in [6.45, 7) is 3.72. The van der Waals surface area contributed by atoms with Gasteiger partial charge in [-0.1, -0.05) is 6.08 Å². The molecule has 0 amide bonds. The highest BCUT2D eigenvalue weighted by Crippen LogP contribution is 2.25. The summed E-state index contributed by atoms with van der Waals surface area (Å²) in [5.74, 6) is 0. The van der Waals surface area contributed by atoms with E-state index in [1.165, 1.54) is 5.57 Å². The maximum Gasteiger partial charge on any atom is 0.274 e. The molecule has 1 saturated heterocycles. The fraction of sp³-hybridized carbons (Fsp3) is 0.368. The Hall–Kier alpha value is -1.96. The fourth-order valence-electron chi connectivity index (χ4n) is 3.26. The Kier molecular flexibility index (Phi) is 4.93. The topological polar surface area (TPSA) is 59.4 Å². The first-order valence-corrected chi connectivity index (χ1v) is 9.50. The van der Waals surface area contributed by atoms with Crippen LogP contribution in [0, 0.1) is 0 Å². The van der Waals surface area contributed by atoms with Gasteiger partial charge in [-0.25, -0.2) is 0 Å². The van der Waals surface area contributed by atoms with Crippen molar-refractivity contribution in [1.29, 1.82) is 0 Å². The number of hydrogen-bond donors (Lipinski definition) is 1. The van der Waals surface area contributed by atoms with E-state index in [2.05, 4.69) is 37.2 Å². The van der Waals surface area contributed by atoms with Crippen molar-refractivity contribution in [3.8, 4) is 0 Å². The summed E-state index contributed by atoms with van der Waals surface area (Å²) < 4.78 is 7.67. The second-order valence-corrected chi connectivity index (χ2v) is 7.63. The van der Waals surface area contributed by atoms with Gasteiger partial charge in [0.05, 0.1) is 36.8 Å². The van der Waals surface area contributed by atoms with Crippen molar-refractivity contribution in [2.24, 2.45) is 7.05 Å². The Morgan fingerprint density at radius 3 is 2.81 bits per heavy atom. The van der Waals surface area contributed by atoms with Gasteiger partial charge in [-0.05, 0) is 46.1 Å². The molecule has 2 aliphatic heterocycles. The Bertz CT molecular complexity index is 887. The summed E-state index contributed by atoms with van der Waals surface area (Å²) in [6, 6.07) is 6.34. The summed E-state index contributed by atoms with van der Waals surface area (Å²) in [7, 11) is 1.73. The Morgan fingerprint density at radius 1 is 1.35 bits per heavy atom. The Morgan fingerprint density at radius 2 is 2.19 bits per heavy atom. The molecule has 1 fully saturated rings. The molecular formula is C19H21BrN4O2. The normalized spacial score (nSPS) is 18.3. The lowest BCUT2D eigenvalue weighted by Crippen LogP contribution is -2.50. The minimum Gasteiger partial charge on any atom is -0.378 e. The zero-order valence-electron chi connectivity index (χ0n) is 14.6. The van der Waals surface area contributed by atoms with Gasteiger partial charge in [-0.15, -0.1) is 0 Å². The van der Waals surface area contributed by atoms with Crippen molar-refractivity contribution in [1.82, 2.24) is 14.5 Å². The minimum atomic E-state index is -0.0765. The summed E-state index contributed by atoms with van der Waals surface area (Å²) in [5.41, 5.74) is 3.53. The van der Waals surface area contributed by atoms with Gasteiger partial charge in [0.15, 0.2) is 0 Å². The monoisotopic (exact) mass is 416 g/mol. The van der Waals surface area contributed by atoms with E-state index in [1.807, 2.05) is 12.1 Å². The highest BCUT2D eigenvalue weighted by atomic mass is 79.9. The molecule has 4 rings (SSSR count). The van der Waals surface area contributed by atoms with Crippen LogP contribution in [0.15, 0.2) is 45.9 Å². The van der Waals surface area contributed by atoms with Gasteiger partial charge in [0.1, 0.15) is 5.69 Å². The molecule has 0 atom stereocenters. The molecule has 6 nitrogen and oxygen atoms in total. The van der Waals surface area contributed by atoms with Gasteiger partial charge < -0.3 is 14.6 Å². The van der Waals surface area contributed by atoms with E-state index in [9.17, 15) is 4.79 Å². The largest absolute Gasteiger partial charge is 0.378 e. The molecule has 0 radical (unpaired) electrons. The lowest BCUT2D eigenvalue weighted by molar-refractivity contribution is -0.0612. The molecule has 1 N–H and O–H groups in total. The first-order chi connectivity index (χ1) is 12.6. The zero-order valence-corrected chi connectivity index (χ0v) is 16.2. The molecule has 7 heteroatoms. The van der Waals surface area contributed by atoms with Crippen molar-refractivity contribution >= 4 is 32.9 Å². The van der Waals surface area contributed by atoms with Gasteiger partial charge in [0.25, 0.3) is 5.56 Å². The van der Waals surface area contributed by atoms with Crippen LogP contribution in [-0.2, 0) is 11.8 Å². The average molecular weight is 417 g/mol. The Balaban J connectivity index is 1.46. The smallest absolute Gasteiger partial charge is 0.274 e. The van der Waals surface area contributed by atoms with Gasteiger partial charge in [0, 0.05) is 30.8 Å². The summed E-state index contributed by atoms with van der Waals surface area (Å²) >= 11 is 3.41. The molecule has 26 heavy (non-hydrogen) atoms. The zero-order chi connectivity index (χ0) is 18.1. The number of rotatable bonds is 4. The molecule has 0 saturated carbocycles. The van der Waals surface area contributed by atoms with Gasteiger partial charge in [-0.2, -0.15) is 0 Å². The Labute approximate surface area is 160 Å². The number of aromatic nitrogens is 2. The molecule has 136 valence electrons. The molecular weight excluding hydrogens is 396 g/mol. The van der Waals surface area contributed by atoms with E-state index >= 15 is 0 Å². The van der Waals surface area contributed by atoms with Gasteiger partial charge in [0.2, 0.25) is 0 Å². The van der Waals surface area contributed by atoms with Crippen molar-refractivity contribution in [2.45, 2.75) is 12.5 Å². The van der Waals surface area contributed by atoms with Crippen molar-refractivity contribution < 1.29 is 4.74 Å². The van der Waals surface area contributed by atoms with E-state index < -0.39 is 0 Å². The van der Waals surface area contributed by atoms with E-state index in [-0.39, 0.29) is 5.56 Å². The number of hydrogen-bond acceptors (Lipinski definition) is 5. The van der Waals surface area contributed by atoms with Crippen LogP contribution in [0.1, 0.15) is 12.1 Å². The third kappa shape index (κ3) is 3.60. The standard InChI is InChI=1S/C19H21BrN4O2/c1-23-10-14(20)8-18(19(23)25)22-15-2-3-17(21-9-15)13-4-6-24(7-5-13)16-11-26-12-16/h2-4,8-10,16,22H,5-7,11-12H2,1H3. The molecule has 2 aromatic heterocycles. The molecule has 2 aliphatic rings. The lowest BCUT2D eigenvalue weighted by atomic mass is 10.0. The van der Waals surface area contributed by atoms with Crippen molar-refractivity contribution in [3.05, 3.63) is 57.2 Å². The molecule has 0 bridgehead atoms. The molecule has 0 spiro atoms. The first-order valence-electron chi connectivity index (χ1n) is 8.70. The highest BCUT2D eigenvalue weighted by molar-refractivity contribution is 9.10. The predicted octanol–water partition coefficient (Wildman–Crippen LogP) is 2.77. The van der Waals surface area contributed by atoms with Gasteiger partial charge >= 0.3 is 0 Å². The third-order valence-electron chi connectivity index (χ3n) is 4.90. The SMILES string of the molecule is Cn1cc(Br)cc(Nc2ccc(C3=CCN(C4COC4)CC3)nc2)c1=O. The maximum absolute atomic E-state index is 12.2. The van der Waals surface area contributed by atoms with E-state index in [4.69, 9.17) is 4.74 Å². The summed E-state index contributed by atoms with van der Waals surface area (Å²) in [5, 5.41) is 3.15. The maximum atomic E-state index is 12.2. The van der Waals surface area contributed by atoms with E-state index in [1.54, 1.807) is 30.1 Å². The van der Waals surface area contributed by atoms with Crippen LogP contribution in [0.2, 0.25) is 0 Å². The van der Waals surface area contributed by atoms with E-state index in [0.717, 1.165) is 48.6 Å². The molecule has 2 aromatic rings. The molecule has 0 aromatic carbocycles. The van der Waals surface area contributed by atoms with Crippen LogP contribution in [0.3, 0.4) is 0 Å². The van der Waals surface area contributed by atoms with Crippen LogP contribution in [0.5, 0.6) is 0 Å². The number of ether oxygens (including phenoxy) is 1. The lowest BCUT2D eigenvalue weighted by Gasteiger charge is -2.38. The second-order valence-electron chi connectivity index (χ2n) is 6.71. The second kappa shape index (κ2) is 7.34. The van der Waals surface area contributed by atoms with Crippen molar-refractivity contribution in [3.63, 3.8) is 0 Å². The van der Waals surface area contributed by atoms with Gasteiger partial charge in [-0.3, -0.25) is 14.7 Å². The summed E-state index contributed by atoms with van der Waals surface area (Å²) in [6.07, 6.45) is 6.79. The number of halogens is 1. The predicted molar refractivity (Wildman–Crippen MR) is 106 cm³/mol. The number of pyridine rings is 2. The number of anilines is 2. The third-order valence-corrected chi connectivity index (χ3v) is 5.33. The van der Waals surface area contributed by atoms with Crippen LogP contribution in [0.4, 0.5) is 11.4 Å². The average Bonchev–Trinajstić information content (AvgIpc) is 2.59. The molecule has 0 aliphatic carbocycles. The highest BCUT2D eigenvalue weighted by Gasteiger charge is 2.27. The van der Waals surface area contributed by atoms with Crippen LogP contribution in [0.25, 0.3) is 5.57 Å².